The fourth-order valence-electron chi connectivity index (χ4n) is 2.78. The number of aromatic nitrogens is 1. The van der Waals surface area contributed by atoms with Gasteiger partial charge < -0.3 is 0 Å². The summed E-state index contributed by atoms with van der Waals surface area (Å²) in [5.41, 5.74) is 2.37. The molecule has 1 aliphatic rings. The number of pyridine rings is 1. The van der Waals surface area contributed by atoms with E-state index in [0.717, 1.165) is 25.0 Å². The second-order valence-electron chi connectivity index (χ2n) is 5.70. The molecule has 1 fully saturated rings. The number of carbonyl (C=O) groups is 1. The third-order valence-electron chi connectivity index (χ3n) is 4.13. The van der Waals surface area contributed by atoms with E-state index in [0.29, 0.717) is 5.12 Å². The second kappa shape index (κ2) is 8.11. The summed E-state index contributed by atoms with van der Waals surface area (Å²) in [6.45, 7) is 0. The van der Waals surface area contributed by atoms with Gasteiger partial charge in [-0.1, -0.05) is 54.2 Å². The van der Waals surface area contributed by atoms with Crippen LogP contribution in [0, 0.1) is 11.8 Å². The molecule has 2 aromatic rings. The van der Waals surface area contributed by atoms with Gasteiger partial charge in [0.05, 0.1) is 0 Å². The van der Waals surface area contributed by atoms with Crippen LogP contribution in [-0.4, -0.2) is 15.9 Å². The molecule has 0 aliphatic carbocycles. The number of nitrogens with zero attached hydrogens (tertiary/aromatic N) is 1. The van der Waals surface area contributed by atoms with E-state index < -0.39 is 0 Å². The third-order valence-corrected chi connectivity index (χ3v) is 5.19. The highest BCUT2D eigenvalue weighted by molar-refractivity contribution is 8.14. The molecule has 0 amide bonds. The van der Waals surface area contributed by atoms with Gasteiger partial charge in [-0.25, -0.2) is 0 Å². The lowest BCUT2D eigenvalue weighted by atomic mass is 9.89. The Balaban J connectivity index is 1.71. The molecule has 1 aliphatic heterocycles. The molecule has 117 valence electrons. The normalized spacial score (nSPS) is 18.1. The Hall–Kier alpha value is -1.87. The van der Waals surface area contributed by atoms with Crippen LogP contribution in [0.4, 0.5) is 0 Å². The minimum absolute atomic E-state index is 0.224. The van der Waals surface area contributed by atoms with Crippen LogP contribution in [0.25, 0.3) is 6.08 Å². The Labute approximate surface area is 142 Å². The Morgan fingerprint density at radius 2 is 1.96 bits per heavy atom. The zero-order chi connectivity index (χ0) is 15.9. The van der Waals surface area contributed by atoms with Crippen molar-refractivity contribution in [2.45, 2.75) is 19.3 Å². The maximum absolute atomic E-state index is 11.8. The molecule has 1 aromatic carbocycles. The molecule has 0 spiro atoms. The Kier molecular flexibility index (Phi) is 5.65. The zero-order valence-corrected chi connectivity index (χ0v) is 13.8. The fraction of sp³-hybridized carbons (Fsp3) is 0.250. The van der Waals surface area contributed by atoms with Crippen LogP contribution in [0.15, 0.2) is 60.9 Å². The number of hydrogen-bond acceptors (Lipinski definition) is 3. The lowest BCUT2D eigenvalue weighted by Crippen LogP contribution is -2.07. The van der Waals surface area contributed by atoms with Crippen LogP contribution in [-0.2, 0) is 4.79 Å². The summed E-state index contributed by atoms with van der Waals surface area (Å²) in [6.07, 6.45) is 10.8. The van der Waals surface area contributed by atoms with Gasteiger partial charge in [-0.2, -0.15) is 0 Å². The van der Waals surface area contributed by atoms with Gasteiger partial charge in [0.2, 0.25) is 0 Å². The Bertz CT molecular complexity index is 654. The highest BCUT2D eigenvalue weighted by atomic mass is 32.2. The van der Waals surface area contributed by atoms with Crippen LogP contribution >= 0.6 is 11.8 Å². The van der Waals surface area contributed by atoms with E-state index in [1.807, 2.05) is 42.7 Å². The molecule has 1 unspecified atom stereocenters. The minimum Gasteiger partial charge on any atom is -0.287 e. The molecule has 2 heterocycles. The van der Waals surface area contributed by atoms with Crippen LogP contribution in [0.5, 0.6) is 0 Å². The van der Waals surface area contributed by atoms with Crippen molar-refractivity contribution in [3.63, 3.8) is 0 Å². The number of benzene rings is 1. The highest BCUT2D eigenvalue weighted by Crippen LogP contribution is 2.32. The van der Waals surface area contributed by atoms with Crippen LogP contribution in [0.2, 0.25) is 0 Å². The number of carbonyl (C=O) groups excluding carboxylic acids is 1. The number of rotatable bonds is 6. The fourth-order valence-corrected chi connectivity index (χ4v) is 3.86. The molecule has 0 N–H and O–H groups in total. The Morgan fingerprint density at radius 1 is 1.17 bits per heavy atom. The molecular weight excluding hydrogens is 302 g/mol. The maximum Gasteiger partial charge on any atom is 0.192 e. The van der Waals surface area contributed by atoms with Gasteiger partial charge >= 0.3 is 0 Å². The largest absolute Gasteiger partial charge is 0.287 e. The monoisotopic (exact) mass is 322 g/mol. The summed E-state index contributed by atoms with van der Waals surface area (Å²) < 4.78 is 0. The van der Waals surface area contributed by atoms with Gasteiger partial charge in [0.1, 0.15) is 0 Å². The summed E-state index contributed by atoms with van der Waals surface area (Å²) in [5.74, 6) is 2.47. The predicted molar refractivity (Wildman–Crippen MR) is 96.9 cm³/mol. The van der Waals surface area contributed by atoms with Gasteiger partial charge in [0, 0.05) is 30.0 Å². The van der Waals surface area contributed by atoms with E-state index in [4.69, 9.17) is 0 Å². The molecule has 1 atom stereocenters. The summed E-state index contributed by atoms with van der Waals surface area (Å²) in [4.78, 5) is 15.9. The average molecular weight is 322 g/mol. The van der Waals surface area contributed by atoms with Gasteiger partial charge in [0.15, 0.2) is 5.12 Å². The first-order valence-corrected chi connectivity index (χ1v) is 8.97. The molecule has 23 heavy (non-hydrogen) atoms. The van der Waals surface area contributed by atoms with Crippen LogP contribution in [0.3, 0.4) is 0 Å². The van der Waals surface area contributed by atoms with Crippen molar-refractivity contribution in [2.75, 3.05) is 5.75 Å². The van der Waals surface area contributed by atoms with E-state index in [2.05, 4.69) is 29.3 Å². The first-order chi connectivity index (χ1) is 11.3. The van der Waals surface area contributed by atoms with Crippen molar-refractivity contribution in [1.82, 2.24) is 4.98 Å². The first kappa shape index (κ1) is 16.0. The standard InChI is InChI=1S/C20H20NOS/c22-20-19(12-15-23-20)9-8-17(18-10-13-21-14-11-18)7-6-16-4-2-1-3-5-16/h1-7,10-11,13-14,19H,8-9,12,15H2. The van der Waals surface area contributed by atoms with Crippen molar-refractivity contribution in [2.24, 2.45) is 5.92 Å². The summed E-state index contributed by atoms with van der Waals surface area (Å²) in [7, 11) is 0. The first-order valence-electron chi connectivity index (χ1n) is 7.99. The molecule has 3 rings (SSSR count). The van der Waals surface area contributed by atoms with Gasteiger partial charge in [0.25, 0.3) is 0 Å². The molecule has 1 aromatic heterocycles. The zero-order valence-electron chi connectivity index (χ0n) is 13.0. The number of allylic oxidation sites excluding steroid dienone is 1. The summed E-state index contributed by atoms with van der Waals surface area (Å²) in [6, 6.07) is 14.4. The molecular formula is C20H20NOS. The second-order valence-corrected chi connectivity index (χ2v) is 6.80. The van der Waals surface area contributed by atoms with Gasteiger partial charge in [-0.15, -0.1) is 0 Å². The molecule has 0 saturated carbocycles. The van der Waals surface area contributed by atoms with E-state index in [-0.39, 0.29) is 5.92 Å². The SMILES string of the molecule is O=C1SCCC1CC[C](C=Cc1ccccc1)c1ccncc1. The quantitative estimate of drug-likeness (QED) is 0.767. The lowest BCUT2D eigenvalue weighted by molar-refractivity contribution is -0.114. The van der Waals surface area contributed by atoms with E-state index in [9.17, 15) is 4.79 Å². The smallest absolute Gasteiger partial charge is 0.192 e. The van der Waals surface area contributed by atoms with E-state index in [1.54, 1.807) is 0 Å². The lowest BCUT2D eigenvalue weighted by Gasteiger charge is -2.14. The van der Waals surface area contributed by atoms with Gasteiger partial charge in [-0.3, -0.25) is 9.78 Å². The molecule has 1 saturated heterocycles. The predicted octanol–water partition coefficient (Wildman–Crippen LogP) is 4.78. The van der Waals surface area contributed by atoms with Crippen molar-refractivity contribution in [3.8, 4) is 0 Å². The van der Waals surface area contributed by atoms with Gasteiger partial charge in [-0.05, 0) is 42.5 Å². The third kappa shape index (κ3) is 4.55. The summed E-state index contributed by atoms with van der Waals surface area (Å²) >= 11 is 1.49. The van der Waals surface area contributed by atoms with Crippen LogP contribution < -0.4 is 0 Å². The maximum atomic E-state index is 11.8. The highest BCUT2D eigenvalue weighted by Gasteiger charge is 2.25. The molecule has 1 radical (unpaired) electrons. The van der Waals surface area contributed by atoms with Crippen molar-refractivity contribution in [3.05, 3.63) is 78.0 Å². The average Bonchev–Trinajstić information content (AvgIpc) is 3.02. The Morgan fingerprint density at radius 3 is 2.65 bits per heavy atom. The van der Waals surface area contributed by atoms with Crippen molar-refractivity contribution >= 4 is 23.0 Å². The topological polar surface area (TPSA) is 30.0 Å². The molecule has 2 nitrogen and oxygen atoms in total. The molecule has 0 bridgehead atoms. The molecule has 3 heteroatoms. The van der Waals surface area contributed by atoms with Crippen LogP contribution in [0.1, 0.15) is 30.4 Å². The number of hydrogen-bond donors (Lipinski definition) is 0. The van der Waals surface area contributed by atoms with Crippen molar-refractivity contribution < 1.29 is 4.79 Å². The number of thioether (sulfide) groups is 1. The minimum atomic E-state index is 0.224. The summed E-state index contributed by atoms with van der Waals surface area (Å²) in [5, 5.41) is 0.367. The van der Waals surface area contributed by atoms with E-state index >= 15 is 0 Å². The van der Waals surface area contributed by atoms with E-state index in [1.165, 1.54) is 28.8 Å². The van der Waals surface area contributed by atoms with Crippen molar-refractivity contribution in [1.29, 1.82) is 0 Å².